The van der Waals surface area contributed by atoms with E-state index in [4.69, 9.17) is 16.3 Å². The van der Waals surface area contributed by atoms with Crippen LogP contribution in [0.25, 0.3) is 16.6 Å². The van der Waals surface area contributed by atoms with Crippen LogP contribution < -0.4 is 0 Å². The number of aromatic nitrogens is 5. The summed E-state index contributed by atoms with van der Waals surface area (Å²) >= 11 is 7.43. The van der Waals surface area contributed by atoms with Crippen LogP contribution in [0, 0.1) is 0 Å². The van der Waals surface area contributed by atoms with Gasteiger partial charge in [-0.05, 0) is 36.9 Å². The van der Waals surface area contributed by atoms with E-state index in [-0.39, 0.29) is 12.4 Å². The summed E-state index contributed by atoms with van der Waals surface area (Å²) in [6.07, 6.45) is 1.82. The van der Waals surface area contributed by atoms with Gasteiger partial charge in [0.2, 0.25) is 11.0 Å². The van der Waals surface area contributed by atoms with Crippen LogP contribution in [0.5, 0.6) is 0 Å². The topological polar surface area (TPSA) is 82.3 Å². The van der Waals surface area contributed by atoms with Crippen molar-refractivity contribution in [1.29, 1.82) is 0 Å². The average molecular weight is 386 g/mol. The molecule has 3 heterocycles. The Morgan fingerprint density at radius 1 is 1.19 bits per heavy atom. The fourth-order valence-corrected chi connectivity index (χ4v) is 3.55. The molecule has 0 amide bonds. The lowest BCUT2D eigenvalue weighted by Crippen LogP contribution is -2.10. The molecule has 3 aromatic heterocycles. The molecule has 0 atom stereocenters. The standard InChI is InChI=1S/C17H12ClN5O2S/c1-2-25-16(24)13-19-12-8-4-3-6-10(12)15(20-13)26-17-22-21-14-11(18)7-5-9-23(14)17/h3-9H,2H2,1H3. The highest BCUT2D eigenvalue weighted by molar-refractivity contribution is 7.99. The molecule has 1 aromatic carbocycles. The van der Waals surface area contributed by atoms with Gasteiger partial charge in [0.1, 0.15) is 5.03 Å². The Balaban J connectivity index is 1.84. The van der Waals surface area contributed by atoms with E-state index in [2.05, 4.69) is 20.2 Å². The molecule has 0 saturated carbocycles. The monoisotopic (exact) mass is 385 g/mol. The fraction of sp³-hybridized carbons (Fsp3) is 0.118. The maximum Gasteiger partial charge on any atom is 0.376 e. The fourth-order valence-electron chi connectivity index (χ4n) is 2.43. The number of ether oxygens (including phenoxy) is 1. The van der Waals surface area contributed by atoms with Gasteiger partial charge in [-0.3, -0.25) is 4.40 Å². The van der Waals surface area contributed by atoms with Crippen LogP contribution in [0.1, 0.15) is 17.5 Å². The average Bonchev–Trinajstić information content (AvgIpc) is 3.06. The van der Waals surface area contributed by atoms with Gasteiger partial charge < -0.3 is 4.74 Å². The SMILES string of the molecule is CCOC(=O)c1nc(Sc2nnc3c(Cl)cccn23)c2ccccc2n1. The number of hydrogen-bond acceptors (Lipinski definition) is 7. The Labute approximate surface area is 157 Å². The van der Waals surface area contributed by atoms with Gasteiger partial charge in [-0.25, -0.2) is 14.8 Å². The molecule has 0 spiro atoms. The van der Waals surface area contributed by atoms with E-state index in [0.29, 0.717) is 26.4 Å². The molecule has 0 unspecified atom stereocenters. The number of hydrogen-bond donors (Lipinski definition) is 0. The van der Waals surface area contributed by atoms with Gasteiger partial charge in [0, 0.05) is 11.6 Å². The van der Waals surface area contributed by atoms with E-state index in [1.807, 2.05) is 36.5 Å². The highest BCUT2D eigenvalue weighted by Gasteiger charge is 2.18. The van der Waals surface area contributed by atoms with E-state index < -0.39 is 5.97 Å². The summed E-state index contributed by atoms with van der Waals surface area (Å²) in [5, 5.41) is 10.8. The number of carbonyl (C=O) groups is 1. The zero-order valence-electron chi connectivity index (χ0n) is 13.6. The van der Waals surface area contributed by atoms with Crippen LogP contribution in [0.15, 0.2) is 52.8 Å². The Kier molecular flexibility index (Phi) is 4.44. The van der Waals surface area contributed by atoms with Crippen molar-refractivity contribution in [3.63, 3.8) is 0 Å². The van der Waals surface area contributed by atoms with Crippen LogP contribution in [-0.4, -0.2) is 37.1 Å². The highest BCUT2D eigenvalue weighted by atomic mass is 35.5. The van der Waals surface area contributed by atoms with Gasteiger partial charge >= 0.3 is 5.97 Å². The van der Waals surface area contributed by atoms with Crippen LogP contribution in [-0.2, 0) is 4.74 Å². The minimum Gasteiger partial charge on any atom is -0.460 e. The molecule has 0 aliphatic rings. The first-order valence-corrected chi connectivity index (χ1v) is 8.98. The second kappa shape index (κ2) is 6.89. The van der Waals surface area contributed by atoms with Crippen molar-refractivity contribution in [3.05, 3.63) is 53.4 Å². The second-order valence-electron chi connectivity index (χ2n) is 5.22. The van der Waals surface area contributed by atoms with Gasteiger partial charge in [0.15, 0.2) is 5.65 Å². The van der Waals surface area contributed by atoms with Crippen LogP contribution in [0.4, 0.5) is 0 Å². The minimum absolute atomic E-state index is 0.0138. The van der Waals surface area contributed by atoms with Gasteiger partial charge in [-0.2, -0.15) is 0 Å². The minimum atomic E-state index is -0.561. The summed E-state index contributed by atoms with van der Waals surface area (Å²) in [6.45, 7) is 1.99. The Morgan fingerprint density at radius 2 is 2.04 bits per heavy atom. The third kappa shape index (κ3) is 2.97. The van der Waals surface area contributed by atoms with Crippen LogP contribution >= 0.6 is 23.4 Å². The third-order valence-electron chi connectivity index (χ3n) is 3.57. The van der Waals surface area contributed by atoms with Crippen molar-refractivity contribution in [2.24, 2.45) is 0 Å². The van der Waals surface area contributed by atoms with Crippen LogP contribution in [0.2, 0.25) is 5.02 Å². The third-order valence-corrected chi connectivity index (χ3v) is 4.83. The quantitative estimate of drug-likeness (QED) is 0.391. The summed E-state index contributed by atoms with van der Waals surface area (Å²) < 4.78 is 6.80. The summed E-state index contributed by atoms with van der Waals surface area (Å²) in [6, 6.07) is 11.0. The molecule has 7 nitrogen and oxygen atoms in total. The number of para-hydroxylation sites is 1. The molecule has 26 heavy (non-hydrogen) atoms. The van der Waals surface area contributed by atoms with E-state index in [1.165, 1.54) is 11.8 Å². The van der Waals surface area contributed by atoms with E-state index in [1.54, 1.807) is 17.4 Å². The predicted octanol–water partition coefficient (Wildman–Crippen LogP) is 3.65. The summed E-state index contributed by atoms with van der Waals surface area (Å²) in [5.41, 5.74) is 1.21. The maximum atomic E-state index is 12.1. The molecule has 4 rings (SSSR count). The largest absolute Gasteiger partial charge is 0.460 e. The molecular weight excluding hydrogens is 374 g/mol. The lowest BCUT2D eigenvalue weighted by atomic mass is 10.2. The van der Waals surface area contributed by atoms with Gasteiger partial charge in [-0.1, -0.05) is 29.8 Å². The zero-order chi connectivity index (χ0) is 18.1. The number of esters is 1. The van der Waals surface area contributed by atoms with E-state index in [9.17, 15) is 4.79 Å². The van der Waals surface area contributed by atoms with Crippen molar-refractivity contribution in [3.8, 4) is 0 Å². The first kappa shape index (κ1) is 16.7. The second-order valence-corrected chi connectivity index (χ2v) is 6.59. The lowest BCUT2D eigenvalue weighted by molar-refractivity contribution is 0.0511. The molecule has 0 fully saturated rings. The summed E-state index contributed by atoms with van der Waals surface area (Å²) in [5.74, 6) is -0.547. The molecule has 0 radical (unpaired) electrons. The molecular formula is C17H12ClN5O2S. The van der Waals surface area contributed by atoms with Crippen molar-refractivity contribution in [2.45, 2.75) is 17.1 Å². The number of benzene rings is 1. The molecule has 4 aromatic rings. The molecule has 0 aliphatic heterocycles. The molecule has 0 saturated heterocycles. The number of rotatable bonds is 4. The molecule has 0 N–H and O–H groups in total. The van der Waals surface area contributed by atoms with Crippen molar-refractivity contribution < 1.29 is 9.53 Å². The first-order valence-electron chi connectivity index (χ1n) is 7.78. The predicted molar refractivity (Wildman–Crippen MR) is 97.6 cm³/mol. The molecule has 0 bridgehead atoms. The Hall–Kier alpha value is -2.71. The number of nitrogens with zero attached hydrogens (tertiary/aromatic N) is 5. The van der Waals surface area contributed by atoms with Gasteiger partial charge in [0.25, 0.3) is 0 Å². The number of carbonyl (C=O) groups excluding carboxylic acids is 1. The molecule has 0 aliphatic carbocycles. The Morgan fingerprint density at radius 3 is 2.88 bits per heavy atom. The van der Waals surface area contributed by atoms with E-state index in [0.717, 1.165) is 5.39 Å². The Bertz CT molecular complexity index is 1130. The highest BCUT2D eigenvalue weighted by Crippen LogP contribution is 2.31. The maximum absolute atomic E-state index is 12.1. The molecule has 130 valence electrons. The summed E-state index contributed by atoms with van der Waals surface area (Å²) in [4.78, 5) is 20.8. The lowest BCUT2D eigenvalue weighted by Gasteiger charge is -2.07. The smallest absolute Gasteiger partial charge is 0.376 e. The van der Waals surface area contributed by atoms with Crippen LogP contribution in [0.3, 0.4) is 0 Å². The van der Waals surface area contributed by atoms with Gasteiger partial charge in [0.05, 0.1) is 17.1 Å². The normalized spacial score (nSPS) is 11.2. The van der Waals surface area contributed by atoms with Crippen molar-refractivity contribution in [1.82, 2.24) is 24.6 Å². The first-order chi connectivity index (χ1) is 12.7. The summed E-state index contributed by atoms with van der Waals surface area (Å²) in [7, 11) is 0. The number of pyridine rings is 1. The van der Waals surface area contributed by atoms with Crippen molar-refractivity contribution >= 4 is 45.9 Å². The van der Waals surface area contributed by atoms with E-state index >= 15 is 0 Å². The number of halogens is 1. The number of fused-ring (bicyclic) bond motifs is 2. The molecule has 9 heteroatoms. The zero-order valence-corrected chi connectivity index (χ0v) is 15.2. The van der Waals surface area contributed by atoms with Crippen molar-refractivity contribution in [2.75, 3.05) is 6.61 Å². The van der Waals surface area contributed by atoms with Gasteiger partial charge in [-0.15, -0.1) is 10.2 Å².